The molecule has 2 N–H and O–H groups in total. The average molecular weight is 344 g/mol. The van der Waals surface area contributed by atoms with E-state index in [1.54, 1.807) is 50.2 Å². The molecule has 0 atom stereocenters. The lowest BCUT2D eigenvalue weighted by atomic mass is 10.3. The van der Waals surface area contributed by atoms with E-state index in [9.17, 15) is 4.79 Å². The number of carbonyl (C=O) groups is 1. The van der Waals surface area contributed by atoms with Crippen LogP contribution in [0.25, 0.3) is 0 Å². The first-order valence-electron chi connectivity index (χ1n) is 7.12. The normalized spacial score (nSPS) is 10.5. The second-order valence-electron chi connectivity index (χ2n) is 5.13. The molecule has 0 radical (unpaired) electrons. The summed E-state index contributed by atoms with van der Waals surface area (Å²) in [6, 6.07) is 10.2. The highest BCUT2D eigenvalue weighted by Gasteiger charge is 2.12. The summed E-state index contributed by atoms with van der Waals surface area (Å²) in [7, 11) is 0. The van der Waals surface area contributed by atoms with Gasteiger partial charge in [0.05, 0.1) is 0 Å². The van der Waals surface area contributed by atoms with Gasteiger partial charge in [-0.1, -0.05) is 22.8 Å². The van der Waals surface area contributed by atoms with Crippen LogP contribution in [0.4, 0.5) is 17.5 Å². The largest absolute Gasteiger partial charge is 0.360 e. The smallest absolute Gasteiger partial charge is 0.274 e. The Bertz CT molecular complexity index is 894. The van der Waals surface area contributed by atoms with Crippen LogP contribution in [0.15, 0.2) is 40.9 Å². The zero-order valence-corrected chi connectivity index (χ0v) is 13.8. The Morgan fingerprint density at radius 2 is 2.00 bits per heavy atom. The molecule has 3 rings (SSSR count). The number of anilines is 3. The van der Waals surface area contributed by atoms with Crippen LogP contribution in [-0.2, 0) is 0 Å². The fourth-order valence-electron chi connectivity index (χ4n) is 2.04. The molecule has 7 nitrogen and oxygen atoms in total. The molecule has 0 aliphatic heterocycles. The summed E-state index contributed by atoms with van der Waals surface area (Å²) in [6.45, 7) is 3.55. The Hall–Kier alpha value is -2.93. The van der Waals surface area contributed by atoms with Gasteiger partial charge in [0.15, 0.2) is 5.82 Å². The maximum Gasteiger partial charge on any atom is 0.274 e. The molecule has 0 saturated heterocycles. The number of nitrogens with one attached hydrogen (secondary N) is 2. The minimum absolute atomic E-state index is 0.227. The fourth-order valence-corrected chi connectivity index (χ4v) is 2.23. The number of nitrogens with zero attached hydrogens (tertiary/aromatic N) is 3. The van der Waals surface area contributed by atoms with Gasteiger partial charge in [0.25, 0.3) is 5.91 Å². The van der Waals surface area contributed by atoms with E-state index >= 15 is 0 Å². The van der Waals surface area contributed by atoms with Crippen LogP contribution in [0.2, 0.25) is 5.02 Å². The molecule has 0 bridgehead atoms. The van der Waals surface area contributed by atoms with E-state index in [0.717, 1.165) is 0 Å². The summed E-state index contributed by atoms with van der Waals surface area (Å²) >= 11 is 5.91. The highest BCUT2D eigenvalue weighted by Crippen LogP contribution is 2.17. The number of aryl methyl sites for hydroxylation is 2. The molecule has 0 spiro atoms. The summed E-state index contributed by atoms with van der Waals surface area (Å²) in [6.07, 6.45) is 0. The topological polar surface area (TPSA) is 92.9 Å². The molecular weight excluding hydrogens is 330 g/mol. The van der Waals surface area contributed by atoms with Gasteiger partial charge in [-0.25, -0.2) is 9.97 Å². The van der Waals surface area contributed by atoms with Crippen LogP contribution in [0.3, 0.4) is 0 Å². The molecule has 1 aromatic carbocycles. The van der Waals surface area contributed by atoms with Crippen LogP contribution in [0.1, 0.15) is 21.9 Å². The number of benzene rings is 1. The lowest BCUT2D eigenvalue weighted by molar-refractivity contribution is 0.102. The number of rotatable bonds is 4. The van der Waals surface area contributed by atoms with E-state index in [0.29, 0.717) is 28.0 Å². The lowest BCUT2D eigenvalue weighted by Gasteiger charge is -2.07. The molecular formula is C16H14ClN5O2. The average Bonchev–Trinajstić information content (AvgIpc) is 2.91. The van der Waals surface area contributed by atoms with Crippen molar-refractivity contribution in [3.8, 4) is 0 Å². The molecule has 8 heteroatoms. The maximum atomic E-state index is 12.4. The van der Waals surface area contributed by atoms with Crippen LogP contribution in [0, 0.1) is 13.8 Å². The third-order valence-electron chi connectivity index (χ3n) is 3.04. The molecule has 122 valence electrons. The number of halogens is 1. The summed E-state index contributed by atoms with van der Waals surface area (Å²) in [4.78, 5) is 20.8. The molecule has 1 amide bonds. The summed E-state index contributed by atoms with van der Waals surface area (Å²) < 4.78 is 4.98. The molecule has 0 unspecified atom stereocenters. The Morgan fingerprint density at radius 3 is 2.71 bits per heavy atom. The van der Waals surface area contributed by atoms with Crippen LogP contribution < -0.4 is 10.6 Å². The summed E-state index contributed by atoms with van der Waals surface area (Å²) in [5.41, 5.74) is 1.46. The predicted molar refractivity (Wildman–Crippen MR) is 90.7 cm³/mol. The molecule has 0 saturated carbocycles. The highest BCUT2D eigenvalue weighted by molar-refractivity contribution is 6.30. The molecule has 2 aromatic heterocycles. The van der Waals surface area contributed by atoms with E-state index < -0.39 is 0 Å². The van der Waals surface area contributed by atoms with Gasteiger partial charge in [-0.2, -0.15) is 0 Å². The van der Waals surface area contributed by atoms with Gasteiger partial charge in [-0.15, -0.1) is 0 Å². The zero-order valence-electron chi connectivity index (χ0n) is 13.0. The maximum absolute atomic E-state index is 12.4. The van der Waals surface area contributed by atoms with Gasteiger partial charge in [0.1, 0.15) is 11.5 Å². The van der Waals surface area contributed by atoms with Gasteiger partial charge in [0, 0.05) is 22.5 Å². The number of aromatic nitrogens is 3. The van der Waals surface area contributed by atoms with Gasteiger partial charge in [-0.05, 0) is 38.1 Å². The van der Waals surface area contributed by atoms with Crippen molar-refractivity contribution in [2.24, 2.45) is 0 Å². The van der Waals surface area contributed by atoms with Crippen molar-refractivity contribution in [2.75, 3.05) is 10.6 Å². The minimum atomic E-state index is -0.359. The molecule has 24 heavy (non-hydrogen) atoms. The van der Waals surface area contributed by atoms with Crippen molar-refractivity contribution in [2.45, 2.75) is 13.8 Å². The Balaban J connectivity index is 1.81. The van der Waals surface area contributed by atoms with Crippen molar-refractivity contribution in [3.05, 3.63) is 58.6 Å². The van der Waals surface area contributed by atoms with Crippen molar-refractivity contribution < 1.29 is 9.32 Å². The Kier molecular flexibility index (Phi) is 4.43. The van der Waals surface area contributed by atoms with E-state index in [-0.39, 0.29) is 17.5 Å². The van der Waals surface area contributed by atoms with Crippen molar-refractivity contribution in [3.63, 3.8) is 0 Å². The second kappa shape index (κ2) is 6.67. The molecule has 0 fully saturated rings. The van der Waals surface area contributed by atoms with Gasteiger partial charge in [-0.3, -0.25) is 4.79 Å². The first-order valence-corrected chi connectivity index (χ1v) is 7.50. The van der Waals surface area contributed by atoms with Gasteiger partial charge in [0.2, 0.25) is 5.95 Å². The fraction of sp³-hybridized carbons (Fsp3) is 0.125. The van der Waals surface area contributed by atoms with Crippen LogP contribution in [-0.4, -0.2) is 21.0 Å². The molecule has 2 heterocycles. The summed E-state index contributed by atoms with van der Waals surface area (Å²) in [5.74, 6) is 1.03. The van der Waals surface area contributed by atoms with Gasteiger partial charge >= 0.3 is 0 Å². The first-order chi connectivity index (χ1) is 11.5. The van der Waals surface area contributed by atoms with Crippen molar-refractivity contribution >= 4 is 35.0 Å². The van der Waals surface area contributed by atoms with E-state index in [4.69, 9.17) is 16.1 Å². The van der Waals surface area contributed by atoms with Crippen LogP contribution in [0.5, 0.6) is 0 Å². The second-order valence-corrected chi connectivity index (χ2v) is 5.57. The van der Waals surface area contributed by atoms with Crippen molar-refractivity contribution in [1.82, 2.24) is 15.1 Å². The monoisotopic (exact) mass is 343 g/mol. The zero-order chi connectivity index (χ0) is 17.1. The van der Waals surface area contributed by atoms with E-state index in [1.807, 2.05) is 0 Å². The SMILES string of the molecule is Cc1cc(C(=O)Nc2cccc(Cl)c2)nc(Nc2cc(C)on2)n1. The predicted octanol–water partition coefficient (Wildman–Crippen LogP) is 3.73. The highest BCUT2D eigenvalue weighted by atomic mass is 35.5. The number of carbonyl (C=O) groups excluding carboxylic acids is 1. The molecule has 0 aliphatic carbocycles. The third kappa shape index (κ3) is 3.88. The first kappa shape index (κ1) is 15.9. The van der Waals surface area contributed by atoms with E-state index in [1.165, 1.54) is 0 Å². The lowest BCUT2D eigenvalue weighted by Crippen LogP contribution is -2.15. The van der Waals surface area contributed by atoms with E-state index in [2.05, 4.69) is 25.8 Å². The number of amides is 1. The van der Waals surface area contributed by atoms with Crippen LogP contribution >= 0.6 is 11.6 Å². The quantitative estimate of drug-likeness (QED) is 0.749. The standard InChI is InChI=1S/C16H14ClN5O2/c1-9-6-13(15(23)19-12-5-3-4-11(17)8-12)20-16(18-9)21-14-7-10(2)24-22-14/h3-8H,1-2H3,(H,19,23)(H,18,20,21,22). The number of hydrogen-bond donors (Lipinski definition) is 2. The summed E-state index contributed by atoms with van der Waals surface area (Å²) in [5, 5.41) is 10.0. The Labute approximate surface area is 143 Å². The Morgan fingerprint density at radius 1 is 1.17 bits per heavy atom. The number of hydrogen-bond acceptors (Lipinski definition) is 6. The molecule has 0 aliphatic rings. The van der Waals surface area contributed by atoms with Crippen molar-refractivity contribution in [1.29, 1.82) is 0 Å². The minimum Gasteiger partial charge on any atom is -0.360 e. The molecule has 3 aromatic rings. The van der Waals surface area contributed by atoms with Gasteiger partial charge < -0.3 is 15.2 Å². The third-order valence-corrected chi connectivity index (χ3v) is 3.27.